The highest BCUT2D eigenvalue weighted by molar-refractivity contribution is 7.89. The zero-order valence-electron chi connectivity index (χ0n) is 16.7. The van der Waals surface area contributed by atoms with Gasteiger partial charge < -0.3 is 4.74 Å². The Kier molecular flexibility index (Phi) is 6.03. The Hall–Kier alpha value is -3.53. The molecule has 0 aliphatic carbocycles. The number of hydrogen-bond acceptors (Lipinski definition) is 10. The van der Waals surface area contributed by atoms with E-state index in [0.717, 1.165) is 29.5 Å². The zero-order valence-corrected chi connectivity index (χ0v) is 18.3. The molecular weight excluding hydrogens is 478 g/mol. The maximum absolute atomic E-state index is 12.8. The van der Waals surface area contributed by atoms with Gasteiger partial charge in [0.25, 0.3) is 17.3 Å². The Balaban J connectivity index is 1.60. The molecule has 1 aliphatic heterocycles. The van der Waals surface area contributed by atoms with Crippen molar-refractivity contribution in [1.82, 2.24) is 9.29 Å². The molecular formula is C18H15N5O8S2. The Bertz CT molecular complexity index is 1350. The highest BCUT2D eigenvalue weighted by Crippen LogP contribution is 2.30. The SMILES string of the molecule is O=C(Nc1nc2ccc(S(=O)(=O)N3CCOCC3)cc2s1)c1cc([N+](=O)[O-])cc([N+](=O)[O-])c1. The van der Waals surface area contributed by atoms with Gasteiger partial charge in [0.1, 0.15) is 0 Å². The highest BCUT2D eigenvalue weighted by Gasteiger charge is 2.27. The molecule has 2 heterocycles. The number of carbonyl (C=O) groups excluding carboxylic acids is 1. The summed E-state index contributed by atoms with van der Waals surface area (Å²) in [4.78, 5) is 37.3. The molecule has 1 amide bonds. The Morgan fingerprint density at radius 1 is 1.06 bits per heavy atom. The number of hydrogen-bond donors (Lipinski definition) is 1. The van der Waals surface area contributed by atoms with Crippen LogP contribution in [0.2, 0.25) is 0 Å². The molecule has 3 aromatic rings. The van der Waals surface area contributed by atoms with Crippen LogP contribution in [0.1, 0.15) is 10.4 Å². The van der Waals surface area contributed by atoms with Crippen molar-refractivity contribution < 1.29 is 27.8 Å². The van der Waals surface area contributed by atoms with E-state index in [1.54, 1.807) is 0 Å². The van der Waals surface area contributed by atoms with Crippen LogP contribution in [0, 0.1) is 20.2 Å². The number of nitrogens with one attached hydrogen (secondary N) is 1. The number of non-ortho nitro benzene ring substituents is 2. The smallest absolute Gasteiger partial charge is 0.277 e. The molecule has 0 atom stereocenters. The number of aromatic nitrogens is 1. The topological polar surface area (TPSA) is 175 Å². The molecule has 172 valence electrons. The molecule has 33 heavy (non-hydrogen) atoms. The van der Waals surface area contributed by atoms with Gasteiger partial charge >= 0.3 is 0 Å². The molecule has 0 bridgehead atoms. The predicted molar refractivity (Wildman–Crippen MR) is 117 cm³/mol. The van der Waals surface area contributed by atoms with Gasteiger partial charge in [0.05, 0.1) is 49.8 Å². The number of benzene rings is 2. The van der Waals surface area contributed by atoms with Gasteiger partial charge in [0.15, 0.2) is 5.13 Å². The summed E-state index contributed by atoms with van der Waals surface area (Å²) in [5.74, 6) is -0.831. The van der Waals surface area contributed by atoms with E-state index in [4.69, 9.17) is 4.74 Å². The summed E-state index contributed by atoms with van der Waals surface area (Å²) in [6.07, 6.45) is 0. The van der Waals surface area contributed by atoms with Crippen molar-refractivity contribution >= 4 is 54.0 Å². The average Bonchev–Trinajstić information content (AvgIpc) is 3.20. The molecule has 13 nitrogen and oxygen atoms in total. The lowest BCUT2D eigenvalue weighted by Crippen LogP contribution is -2.40. The molecule has 15 heteroatoms. The molecule has 0 spiro atoms. The molecule has 0 radical (unpaired) electrons. The van der Waals surface area contributed by atoms with Crippen molar-refractivity contribution in [2.75, 3.05) is 31.6 Å². The lowest BCUT2D eigenvalue weighted by molar-refractivity contribution is -0.394. The van der Waals surface area contributed by atoms with Gasteiger partial charge in [0.2, 0.25) is 10.0 Å². The fourth-order valence-corrected chi connectivity index (χ4v) is 5.57. The summed E-state index contributed by atoms with van der Waals surface area (Å²) < 4.78 is 32.7. The maximum Gasteiger partial charge on any atom is 0.277 e. The quantitative estimate of drug-likeness (QED) is 0.399. The number of rotatable bonds is 6. The minimum absolute atomic E-state index is 0.0766. The van der Waals surface area contributed by atoms with Crippen molar-refractivity contribution in [3.05, 3.63) is 62.2 Å². The van der Waals surface area contributed by atoms with Crippen molar-refractivity contribution in [3.8, 4) is 0 Å². The number of fused-ring (bicyclic) bond motifs is 1. The number of nitrogens with zero attached hydrogens (tertiary/aromatic N) is 4. The highest BCUT2D eigenvalue weighted by atomic mass is 32.2. The number of anilines is 1. The van der Waals surface area contributed by atoms with Crippen LogP contribution in [0.4, 0.5) is 16.5 Å². The monoisotopic (exact) mass is 493 g/mol. The molecule has 1 aromatic heterocycles. The van der Waals surface area contributed by atoms with E-state index in [9.17, 15) is 33.4 Å². The number of carbonyl (C=O) groups is 1. The summed E-state index contributed by atoms with van der Waals surface area (Å²) in [6, 6.07) is 6.97. The normalized spacial score (nSPS) is 14.8. The molecule has 1 saturated heterocycles. The minimum atomic E-state index is -3.72. The minimum Gasteiger partial charge on any atom is -0.379 e. The molecule has 2 aromatic carbocycles. The van der Waals surface area contributed by atoms with Gasteiger partial charge in [-0.15, -0.1) is 0 Å². The van der Waals surface area contributed by atoms with E-state index >= 15 is 0 Å². The fraction of sp³-hybridized carbons (Fsp3) is 0.222. The van der Waals surface area contributed by atoms with Gasteiger partial charge in [-0.2, -0.15) is 4.31 Å². The first-order valence-electron chi connectivity index (χ1n) is 9.39. The maximum atomic E-state index is 12.8. The second-order valence-corrected chi connectivity index (χ2v) is 9.84. The van der Waals surface area contributed by atoms with Crippen LogP contribution in [0.3, 0.4) is 0 Å². The first-order valence-corrected chi connectivity index (χ1v) is 11.6. The fourth-order valence-electron chi connectivity index (χ4n) is 3.16. The van der Waals surface area contributed by atoms with Crippen LogP contribution in [0.5, 0.6) is 0 Å². The van der Waals surface area contributed by atoms with Crippen LogP contribution in [0.25, 0.3) is 10.2 Å². The Labute approximate surface area is 190 Å². The van der Waals surface area contributed by atoms with Crippen LogP contribution in [-0.4, -0.2) is 59.8 Å². The standard InChI is InChI=1S/C18H15N5O8S2/c24-17(11-7-12(22(25)26)9-13(8-11)23(27)28)20-18-19-15-2-1-14(10-16(15)32-18)33(29,30)21-3-5-31-6-4-21/h1-2,7-10H,3-6H2,(H,19,20,24). The second-order valence-electron chi connectivity index (χ2n) is 6.87. The number of sulfonamides is 1. The van der Waals surface area contributed by atoms with Crippen molar-refractivity contribution in [1.29, 1.82) is 0 Å². The number of nitro benzene ring substituents is 2. The van der Waals surface area contributed by atoms with E-state index in [0.29, 0.717) is 23.4 Å². The van der Waals surface area contributed by atoms with Crippen LogP contribution < -0.4 is 5.32 Å². The van der Waals surface area contributed by atoms with E-state index in [1.165, 1.54) is 22.5 Å². The molecule has 0 unspecified atom stereocenters. The Morgan fingerprint density at radius 2 is 1.70 bits per heavy atom. The second kappa shape index (κ2) is 8.78. The molecule has 1 aliphatic rings. The third kappa shape index (κ3) is 4.65. The lowest BCUT2D eigenvalue weighted by atomic mass is 10.1. The number of morpholine rings is 1. The van der Waals surface area contributed by atoms with Crippen LogP contribution >= 0.6 is 11.3 Å². The van der Waals surface area contributed by atoms with E-state index in [-0.39, 0.29) is 28.7 Å². The van der Waals surface area contributed by atoms with Crippen molar-refractivity contribution in [2.45, 2.75) is 4.90 Å². The first-order chi connectivity index (χ1) is 15.6. The average molecular weight is 493 g/mol. The van der Waals surface area contributed by atoms with Gasteiger partial charge in [-0.3, -0.25) is 30.3 Å². The predicted octanol–water partition coefficient (Wildman–Crippen LogP) is 2.39. The third-order valence-corrected chi connectivity index (χ3v) is 7.60. The summed E-state index contributed by atoms with van der Waals surface area (Å²) in [5.41, 5.74) is -1.06. The van der Waals surface area contributed by atoms with E-state index < -0.39 is 37.2 Å². The number of amides is 1. The molecule has 1 N–H and O–H groups in total. The molecule has 0 saturated carbocycles. The summed E-state index contributed by atoms with van der Waals surface area (Å²) in [6.45, 7) is 1.13. The molecule has 4 rings (SSSR count). The van der Waals surface area contributed by atoms with Crippen LogP contribution in [-0.2, 0) is 14.8 Å². The van der Waals surface area contributed by atoms with E-state index in [1.807, 2.05) is 0 Å². The summed E-state index contributed by atoms with van der Waals surface area (Å²) in [7, 11) is -3.72. The first kappa shape index (κ1) is 22.7. The van der Waals surface area contributed by atoms with Crippen molar-refractivity contribution in [2.24, 2.45) is 0 Å². The summed E-state index contributed by atoms with van der Waals surface area (Å²) in [5, 5.41) is 24.6. The zero-order chi connectivity index (χ0) is 23.8. The largest absolute Gasteiger partial charge is 0.379 e. The lowest BCUT2D eigenvalue weighted by Gasteiger charge is -2.25. The number of ether oxygens (including phenoxy) is 1. The van der Waals surface area contributed by atoms with E-state index in [2.05, 4.69) is 10.3 Å². The van der Waals surface area contributed by atoms with Crippen molar-refractivity contribution in [3.63, 3.8) is 0 Å². The Morgan fingerprint density at radius 3 is 2.30 bits per heavy atom. The molecule has 1 fully saturated rings. The number of nitro groups is 2. The van der Waals surface area contributed by atoms with Crippen LogP contribution in [0.15, 0.2) is 41.3 Å². The van der Waals surface area contributed by atoms with Gasteiger partial charge in [-0.25, -0.2) is 13.4 Å². The third-order valence-electron chi connectivity index (χ3n) is 4.77. The van der Waals surface area contributed by atoms with Gasteiger partial charge in [0, 0.05) is 25.2 Å². The van der Waals surface area contributed by atoms with Gasteiger partial charge in [-0.1, -0.05) is 11.3 Å². The summed E-state index contributed by atoms with van der Waals surface area (Å²) >= 11 is 1.000. The van der Waals surface area contributed by atoms with Gasteiger partial charge in [-0.05, 0) is 18.2 Å². The number of thiazole rings is 1.